The Labute approximate surface area is 120 Å². The van der Waals surface area contributed by atoms with E-state index in [2.05, 4.69) is 0 Å². The van der Waals surface area contributed by atoms with Gasteiger partial charge in [0.2, 0.25) is 0 Å². The number of rotatable bonds is 3. The van der Waals surface area contributed by atoms with Crippen molar-refractivity contribution in [1.29, 1.82) is 0 Å². The predicted molar refractivity (Wildman–Crippen MR) is 73.9 cm³/mol. The smallest absolute Gasteiger partial charge is 0.318 e. The number of carbonyl (C=O) groups excluding carboxylic acids is 1. The lowest BCUT2D eigenvalue weighted by Gasteiger charge is -2.14. The Hall–Kier alpha value is -2.14. The molecule has 2 N–H and O–H groups in total. The lowest BCUT2D eigenvalue weighted by molar-refractivity contribution is -0.137. The van der Waals surface area contributed by atoms with Crippen LogP contribution in [0.1, 0.15) is 33.1 Å². The van der Waals surface area contributed by atoms with Gasteiger partial charge in [0.15, 0.2) is 5.78 Å². The molecular weight excluding hydrogens is 279 g/mol. The molecule has 0 bridgehead atoms. The molecule has 0 amide bonds. The van der Waals surface area contributed by atoms with Crippen molar-refractivity contribution >= 4 is 5.78 Å². The number of benzene rings is 2. The van der Waals surface area contributed by atoms with Gasteiger partial charge in [-0.1, -0.05) is 36.4 Å². The first-order valence-corrected chi connectivity index (χ1v) is 6.33. The van der Waals surface area contributed by atoms with Crippen LogP contribution in [0.2, 0.25) is 0 Å². The highest BCUT2D eigenvalue weighted by atomic mass is 19.4. The molecule has 0 aliphatic rings. The zero-order valence-electron chi connectivity index (χ0n) is 11.3. The van der Waals surface area contributed by atoms with E-state index in [0.29, 0.717) is 5.56 Å². The van der Waals surface area contributed by atoms with Gasteiger partial charge in [0.25, 0.3) is 0 Å². The fraction of sp³-hybridized carbons (Fsp3) is 0.188. The minimum Gasteiger partial charge on any atom is -0.318 e. The van der Waals surface area contributed by atoms with Crippen molar-refractivity contribution in [2.45, 2.75) is 19.1 Å². The zero-order valence-corrected chi connectivity index (χ0v) is 11.3. The molecule has 2 aromatic rings. The van der Waals surface area contributed by atoms with E-state index < -0.39 is 23.6 Å². The van der Waals surface area contributed by atoms with Gasteiger partial charge in [-0.25, -0.2) is 0 Å². The maximum absolute atomic E-state index is 12.6. The van der Waals surface area contributed by atoms with Crippen LogP contribution in [-0.4, -0.2) is 5.78 Å². The topological polar surface area (TPSA) is 43.1 Å². The van der Waals surface area contributed by atoms with Crippen molar-refractivity contribution in [2.24, 2.45) is 5.73 Å². The van der Waals surface area contributed by atoms with Gasteiger partial charge in [0, 0.05) is 5.56 Å². The van der Waals surface area contributed by atoms with E-state index in [0.717, 1.165) is 12.1 Å². The molecule has 0 radical (unpaired) electrons. The number of alkyl halides is 3. The van der Waals surface area contributed by atoms with Crippen LogP contribution in [-0.2, 0) is 6.18 Å². The summed E-state index contributed by atoms with van der Waals surface area (Å²) in [4.78, 5) is 12.3. The summed E-state index contributed by atoms with van der Waals surface area (Å²) in [6.07, 6.45) is -4.42. The minimum atomic E-state index is -4.42. The normalized spacial score (nSPS) is 13.0. The van der Waals surface area contributed by atoms with E-state index >= 15 is 0 Å². The second-order valence-corrected chi connectivity index (χ2v) is 4.78. The molecule has 2 rings (SSSR count). The molecule has 1 unspecified atom stereocenters. The Kier molecular flexibility index (Phi) is 4.14. The summed E-state index contributed by atoms with van der Waals surface area (Å²) < 4.78 is 37.8. The standard InChI is InChI=1S/C16H14F3NO/c1-10-9-12(16(17,18)19)7-8-13(10)15(21)14(20)11-5-3-2-4-6-11/h2-9,14H,20H2,1H3. The van der Waals surface area contributed by atoms with E-state index in [1.807, 2.05) is 0 Å². The van der Waals surface area contributed by atoms with Crippen LogP contribution in [0.15, 0.2) is 48.5 Å². The van der Waals surface area contributed by atoms with Gasteiger partial charge in [-0.15, -0.1) is 0 Å². The number of hydrogen-bond donors (Lipinski definition) is 1. The van der Waals surface area contributed by atoms with Crippen LogP contribution < -0.4 is 5.73 Å². The van der Waals surface area contributed by atoms with Crippen molar-refractivity contribution in [3.05, 3.63) is 70.8 Å². The average molecular weight is 293 g/mol. The first-order chi connectivity index (χ1) is 9.80. The molecule has 0 aliphatic heterocycles. The lowest BCUT2D eigenvalue weighted by Crippen LogP contribution is -2.22. The maximum Gasteiger partial charge on any atom is 0.416 e. The Morgan fingerprint density at radius 1 is 1.10 bits per heavy atom. The highest BCUT2D eigenvalue weighted by Crippen LogP contribution is 2.31. The van der Waals surface area contributed by atoms with Crippen LogP contribution in [0.25, 0.3) is 0 Å². The van der Waals surface area contributed by atoms with E-state index in [9.17, 15) is 18.0 Å². The summed E-state index contributed by atoms with van der Waals surface area (Å²) >= 11 is 0. The van der Waals surface area contributed by atoms with E-state index in [-0.39, 0.29) is 11.1 Å². The third-order valence-electron chi connectivity index (χ3n) is 3.26. The van der Waals surface area contributed by atoms with Crippen LogP contribution in [0, 0.1) is 6.92 Å². The summed E-state index contributed by atoms with van der Waals surface area (Å²) in [6, 6.07) is 10.9. The quantitative estimate of drug-likeness (QED) is 0.872. The fourth-order valence-corrected chi connectivity index (χ4v) is 2.10. The SMILES string of the molecule is Cc1cc(C(F)(F)F)ccc1C(=O)C(N)c1ccccc1. The molecule has 0 fully saturated rings. The molecule has 2 nitrogen and oxygen atoms in total. The van der Waals surface area contributed by atoms with Crippen molar-refractivity contribution in [2.75, 3.05) is 0 Å². The number of Topliss-reactive ketones (excluding diaryl/α,β-unsaturated/α-hetero) is 1. The molecule has 0 aromatic heterocycles. The number of hydrogen-bond acceptors (Lipinski definition) is 2. The molecule has 1 atom stereocenters. The monoisotopic (exact) mass is 293 g/mol. The van der Waals surface area contributed by atoms with E-state index in [1.165, 1.54) is 13.0 Å². The van der Waals surface area contributed by atoms with Crippen molar-refractivity contribution in [1.82, 2.24) is 0 Å². The van der Waals surface area contributed by atoms with Crippen LogP contribution in [0.5, 0.6) is 0 Å². The minimum absolute atomic E-state index is 0.208. The van der Waals surface area contributed by atoms with Gasteiger partial charge in [0.05, 0.1) is 11.6 Å². The highest BCUT2D eigenvalue weighted by molar-refractivity contribution is 6.01. The zero-order chi connectivity index (χ0) is 15.6. The maximum atomic E-state index is 12.6. The molecule has 21 heavy (non-hydrogen) atoms. The third kappa shape index (κ3) is 3.31. The van der Waals surface area contributed by atoms with Gasteiger partial charge >= 0.3 is 6.18 Å². The number of carbonyl (C=O) groups is 1. The molecule has 0 saturated heterocycles. The first-order valence-electron chi connectivity index (χ1n) is 6.33. The van der Waals surface area contributed by atoms with Gasteiger partial charge < -0.3 is 5.73 Å². The van der Waals surface area contributed by atoms with Crippen LogP contribution in [0.3, 0.4) is 0 Å². The predicted octanol–water partition coefficient (Wildman–Crippen LogP) is 3.90. The van der Waals surface area contributed by atoms with Crippen LogP contribution >= 0.6 is 0 Å². The Balaban J connectivity index is 2.32. The number of ketones is 1. The van der Waals surface area contributed by atoms with E-state index in [1.54, 1.807) is 30.3 Å². The summed E-state index contributed by atoms with van der Waals surface area (Å²) in [5.41, 5.74) is 6.22. The number of halogens is 3. The summed E-state index contributed by atoms with van der Waals surface area (Å²) in [5.74, 6) is -0.396. The van der Waals surface area contributed by atoms with Gasteiger partial charge in [-0.3, -0.25) is 4.79 Å². The van der Waals surface area contributed by atoms with Crippen molar-refractivity contribution in [3.8, 4) is 0 Å². The molecular formula is C16H14F3NO. The largest absolute Gasteiger partial charge is 0.416 e. The Morgan fingerprint density at radius 2 is 1.71 bits per heavy atom. The molecule has 0 aliphatic carbocycles. The second-order valence-electron chi connectivity index (χ2n) is 4.78. The fourth-order valence-electron chi connectivity index (χ4n) is 2.10. The van der Waals surface area contributed by atoms with Gasteiger partial charge in [0.1, 0.15) is 0 Å². The average Bonchev–Trinajstić information content (AvgIpc) is 2.45. The molecule has 2 aromatic carbocycles. The lowest BCUT2D eigenvalue weighted by atomic mass is 9.94. The van der Waals surface area contributed by atoms with E-state index in [4.69, 9.17) is 5.73 Å². The summed E-state index contributed by atoms with van der Waals surface area (Å²) in [6.45, 7) is 1.47. The molecule has 0 spiro atoms. The first kappa shape index (κ1) is 15.3. The third-order valence-corrected chi connectivity index (χ3v) is 3.26. The Bertz CT molecular complexity index is 650. The molecule has 110 valence electrons. The number of nitrogens with two attached hydrogens (primary N) is 1. The summed E-state index contributed by atoms with van der Waals surface area (Å²) in [7, 11) is 0. The number of aryl methyl sites for hydroxylation is 1. The highest BCUT2D eigenvalue weighted by Gasteiger charge is 2.31. The van der Waals surface area contributed by atoms with Crippen molar-refractivity contribution in [3.63, 3.8) is 0 Å². The van der Waals surface area contributed by atoms with Gasteiger partial charge in [-0.2, -0.15) is 13.2 Å². The second kappa shape index (κ2) is 5.69. The van der Waals surface area contributed by atoms with Crippen LogP contribution in [0.4, 0.5) is 13.2 Å². The molecule has 0 saturated carbocycles. The van der Waals surface area contributed by atoms with Crippen molar-refractivity contribution < 1.29 is 18.0 Å². The Morgan fingerprint density at radius 3 is 2.24 bits per heavy atom. The van der Waals surface area contributed by atoms with Gasteiger partial charge in [-0.05, 0) is 30.2 Å². The summed E-state index contributed by atoms with van der Waals surface area (Å²) in [5, 5.41) is 0. The molecule has 0 heterocycles. The molecule has 5 heteroatoms.